The van der Waals surface area contributed by atoms with Crippen LogP contribution in [0.5, 0.6) is 0 Å². The first-order valence-corrected chi connectivity index (χ1v) is 7.72. The molecule has 0 atom stereocenters. The summed E-state index contributed by atoms with van der Waals surface area (Å²) in [5.41, 5.74) is 0.942. The second-order valence-corrected chi connectivity index (χ2v) is 6.25. The predicted molar refractivity (Wildman–Crippen MR) is 86.1 cm³/mol. The van der Waals surface area contributed by atoms with Gasteiger partial charge in [0.15, 0.2) is 5.82 Å². The molecule has 0 aliphatic carbocycles. The van der Waals surface area contributed by atoms with Gasteiger partial charge in [-0.05, 0) is 44.4 Å². The molecule has 2 rings (SSSR count). The zero-order valence-electron chi connectivity index (χ0n) is 13.8. The fourth-order valence-corrected chi connectivity index (χ4v) is 2.15. The molecule has 0 saturated carbocycles. The van der Waals surface area contributed by atoms with Crippen molar-refractivity contribution in [3.05, 3.63) is 47.1 Å². The molecule has 1 amide bonds. The predicted octanol–water partition coefficient (Wildman–Crippen LogP) is 2.05. The first-order chi connectivity index (χ1) is 10.8. The van der Waals surface area contributed by atoms with Gasteiger partial charge in [0.2, 0.25) is 5.89 Å². The summed E-state index contributed by atoms with van der Waals surface area (Å²) in [6.45, 7) is 5.74. The number of aliphatic hydroxyl groups is 1. The summed E-state index contributed by atoms with van der Waals surface area (Å²) in [4.78, 5) is 16.3. The van der Waals surface area contributed by atoms with E-state index in [0.29, 0.717) is 36.7 Å². The second kappa shape index (κ2) is 7.37. The zero-order valence-corrected chi connectivity index (χ0v) is 13.8. The Morgan fingerprint density at radius 3 is 2.78 bits per heavy atom. The monoisotopic (exact) mass is 317 g/mol. The first-order valence-electron chi connectivity index (χ1n) is 7.72. The van der Waals surface area contributed by atoms with E-state index in [4.69, 9.17) is 4.52 Å². The van der Waals surface area contributed by atoms with Gasteiger partial charge in [-0.3, -0.25) is 4.79 Å². The Morgan fingerprint density at radius 2 is 2.13 bits per heavy atom. The molecule has 0 radical (unpaired) electrons. The molecule has 0 spiro atoms. The van der Waals surface area contributed by atoms with Crippen LogP contribution in [-0.2, 0) is 12.8 Å². The maximum Gasteiger partial charge on any atom is 0.251 e. The Kier molecular flexibility index (Phi) is 5.50. The van der Waals surface area contributed by atoms with Gasteiger partial charge in [0.05, 0.1) is 5.60 Å². The van der Waals surface area contributed by atoms with Gasteiger partial charge in [-0.1, -0.05) is 17.3 Å². The zero-order chi connectivity index (χ0) is 16.9. The van der Waals surface area contributed by atoms with Crippen molar-refractivity contribution >= 4 is 5.91 Å². The van der Waals surface area contributed by atoms with E-state index in [9.17, 15) is 9.90 Å². The third-order valence-corrected chi connectivity index (χ3v) is 3.42. The minimum Gasteiger partial charge on any atom is -0.390 e. The Bertz CT molecular complexity index is 659. The lowest BCUT2D eigenvalue weighted by atomic mass is 9.98. The van der Waals surface area contributed by atoms with Crippen LogP contribution in [0, 0.1) is 6.92 Å². The average Bonchev–Trinajstić information content (AvgIpc) is 2.90. The lowest BCUT2D eigenvalue weighted by molar-refractivity contribution is 0.0714. The third kappa shape index (κ3) is 5.83. The van der Waals surface area contributed by atoms with Crippen molar-refractivity contribution in [1.82, 2.24) is 15.5 Å². The molecule has 2 aromatic rings. The number of aryl methyl sites for hydroxylation is 2. The summed E-state index contributed by atoms with van der Waals surface area (Å²) in [6, 6.07) is 7.46. The molecule has 6 heteroatoms. The molecular weight excluding hydrogens is 294 g/mol. The summed E-state index contributed by atoms with van der Waals surface area (Å²) >= 11 is 0. The van der Waals surface area contributed by atoms with E-state index < -0.39 is 5.60 Å². The largest absolute Gasteiger partial charge is 0.390 e. The SMILES string of the molecule is Cc1nc(CCNC(=O)c2cccc(CCC(C)(C)O)c2)no1. The summed E-state index contributed by atoms with van der Waals surface area (Å²) in [5, 5.41) is 16.4. The van der Waals surface area contributed by atoms with Crippen LogP contribution in [0.1, 0.15) is 47.9 Å². The van der Waals surface area contributed by atoms with Crippen LogP contribution in [0.2, 0.25) is 0 Å². The third-order valence-electron chi connectivity index (χ3n) is 3.42. The van der Waals surface area contributed by atoms with Crippen molar-refractivity contribution in [2.24, 2.45) is 0 Å². The van der Waals surface area contributed by atoms with Crippen LogP contribution >= 0.6 is 0 Å². The van der Waals surface area contributed by atoms with Crippen molar-refractivity contribution in [2.75, 3.05) is 6.54 Å². The van der Waals surface area contributed by atoms with Crippen molar-refractivity contribution in [3.63, 3.8) is 0 Å². The number of amides is 1. The molecule has 1 aromatic heterocycles. The van der Waals surface area contributed by atoms with Gasteiger partial charge in [0, 0.05) is 25.5 Å². The topological polar surface area (TPSA) is 88.2 Å². The number of benzene rings is 1. The minimum absolute atomic E-state index is 0.129. The summed E-state index contributed by atoms with van der Waals surface area (Å²) < 4.78 is 4.88. The average molecular weight is 317 g/mol. The Morgan fingerprint density at radius 1 is 1.35 bits per heavy atom. The molecule has 1 heterocycles. The summed E-state index contributed by atoms with van der Waals surface area (Å²) in [6.07, 6.45) is 1.91. The molecule has 2 N–H and O–H groups in total. The first kappa shape index (κ1) is 17.1. The van der Waals surface area contributed by atoms with Gasteiger partial charge in [0.25, 0.3) is 5.91 Å². The highest BCUT2D eigenvalue weighted by Gasteiger charge is 2.13. The van der Waals surface area contributed by atoms with Crippen molar-refractivity contribution in [3.8, 4) is 0 Å². The van der Waals surface area contributed by atoms with E-state index in [1.807, 2.05) is 18.2 Å². The molecule has 0 bridgehead atoms. The van der Waals surface area contributed by atoms with Gasteiger partial charge in [-0.2, -0.15) is 4.98 Å². The molecule has 6 nitrogen and oxygen atoms in total. The van der Waals surface area contributed by atoms with Gasteiger partial charge < -0.3 is 14.9 Å². The molecular formula is C17H23N3O3. The quantitative estimate of drug-likeness (QED) is 0.816. The Balaban J connectivity index is 1.86. The number of aromatic nitrogens is 2. The highest BCUT2D eigenvalue weighted by Crippen LogP contribution is 2.14. The van der Waals surface area contributed by atoms with E-state index >= 15 is 0 Å². The normalized spacial score (nSPS) is 11.5. The summed E-state index contributed by atoms with van der Waals surface area (Å²) in [5.74, 6) is 0.975. The number of rotatable bonds is 7. The summed E-state index contributed by atoms with van der Waals surface area (Å²) in [7, 11) is 0. The van der Waals surface area contributed by atoms with Crippen LogP contribution in [0.3, 0.4) is 0 Å². The maximum absolute atomic E-state index is 12.2. The van der Waals surface area contributed by atoms with Crippen molar-refractivity contribution in [1.29, 1.82) is 0 Å². The van der Waals surface area contributed by atoms with Crippen LogP contribution < -0.4 is 5.32 Å². The molecule has 0 fully saturated rings. The molecule has 0 saturated heterocycles. The second-order valence-electron chi connectivity index (χ2n) is 6.25. The van der Waals surface area contributed by atoms with E-state index in [0.717, 1.165) is 12.0 Å². The molecule has 0 aliphatic heterocycles. The van der Waals surface area contributed by atoms with Crippen LogP contribution in [0.25, 0.3) is 0 Å². The highest BCUT2D eigenvalue weighted by molar-refractivity contribution is 5.94. The number of nitrogens with one attached hydrogen (secondary N) is 1. The minimum atomic E-state index is -0.707. The Labute approximate surface area is 135 Å². The van der Waals surface area contributed by atoms with Crippen molar-refractivity contribution < 1.29 is 14.4 Å². The van der Waals surface area contributed by atoms with Crippen LogP contribution in [0.15, 0.2) is 28.8 Å². The standard InChI is InChI=1S/C17H23N3O3/c1-12-19-15(20-23-12)8-10-18-16(21)14-6-4-5-13(11-14)7-9-17(2,3)22/h4-6,11,22H,7-10H2,1-3H3,(H,18,21). The fourth-order valence-electron chi connectivity index (χ4n) is 2.15. The lowest BCUT2D eigenvalue weighted by Gasteiger charge is -2.16. The molecule has 0 aliphatic rings. The molecule has 0 unspecified atom stereocenters. The number of carbonyl (C=O) groups is 1. The van der Waals surface area contributed by atoms with Gasteiger partial charge >= 0.3 is 0 Å². The highest BCUT2D eigenvalue weighted by atomic mass is 16.5. The molecule has 1 aromatic carbocycles. The number of carbonyl (C=O) groups excluding carboxylic acids is 1. The van der Waals surface area contributed by atoms with Crippen molar-refractivity contribution in [2.45, 2.75) is 45.6 Å². The van der Waals surface area contributed by atoms with E-state index in [-0.39, 0.29) is 5.91 Å². The number of hydrogen-bond acceptors (Lipinski definition) is 5. The van der Waals surface area contributed by atoms with Gasteiger partial charge in [-0.15, -0.1) is 0 Å². The number of nitrogens with zero attached hydrogens (tertiary/aromatic N) is 2. The van der Waals surface area contributed by atoms with Crippen LogP contribution in [-0.4, -0.2) is 33.3 Å². The Hall–Kier alpha value is -2.21. The van der Waals surface area contributed by atoms with Gasteiger partial charge in [-0.25, -0.2) is 0 Å². The maximum atomic E-state index is 12.2. The van der Waals surface area contributed by atoms with E-state index in [1.165, 1.54) is 0 Å². The fraction of sp³-hybridized carbons (Fsp3) is 0.471. The number of hydrogen-bond donors (Lipinski definition) is 2. The van der Waals surface area contributed by atoms with E-state index in [1.54, 1.807) is 26.8 Å². The molecule has 23 heavy (non-hydrogen) atoms. The smallest absolute Gasteiger partial charge is 0.251 e. The molecule has 124 valence electrons. The van der Waals surface area contributed by atoms with Gasteiger partial charge in [0.1, 0.15) is 0 Å². The van der Waals surface area contributed by atoms with Crippen LogP contribution in [0.4, 0.5) is 0 Å². The lowest BCUT2D eigenvalue weighted by Crippen LogP contribution is -2.26. The van der Waals surface area contributed by atoms with E-state index in [2.05, 4.69) is 15.5 Å².